The van der Waals surface area contributed by atoms with Gasteiger partial charge in [0.25, 0.3) is 0 Å². The molecule has 0 spiro atoms. The van der Waals surface area contributed by atoms with Crippen LogP contribution in [0, 0.1) is 12.7 Å². The number of halogens is 1. The largest absolute Gasteiger partial charge is 0.247 e. The maximum atomic E-state index is 13.3. The van der Waals surface area contributed by atoms with Crippen molar-refractivity contribution >= 4 is 31.2 Å². The second-order valence-corrected chi connectivity index (χ2v) is 10.9. The molecule has 1 heterocycles. The zero-order valence-corrected chi connectivity index (χ0v) is 16.9. The van der Waals surface area contributed by atoms with Gasteiger partial charge in [-0.15, -0.1) is 11.3 Å². The Morgan fingerprint density at radius 1 is 0.889 bits per heavy atom. The van der Waals surface area contributed by atoms with Crippen molar-refractivity contribution in [2.24, 2.45) is 5.14 Å². The quantitative estimate of drug-likeness (QED) is 0.691. The molecule has 0 fully saturated rings. The average Bonchev–Trinajstić information content (AvgIpc) is 2.92. The zero-order valence-electron chi connectivity index (χ0n) is 14.4. The van der Waals surface area contributed by atoms with E-state index in [0.29, 0.717) is 27.1 Å². The molecule has 0 saturated heterocycles. The Morgan fingerprint density at radius 3 is 1.89 bits per heavy atom. The van der Waals surface area contributed by atoms with Gasteiger partial charge >= 0.3 is 0 Å². The first kappa shape index (κ1) is 19.7. The molecule has 142 valence electrons. The predicted molar refractivity (Wildman–Crippen MR) is 104 cm³/mol. The minimum absolute atomic E-state index is 0.0176. The molecule has 0 bridgehead atoms. The van der Waals surface area contributed by atoms with Crippen molar-refractivity contribution in [3.05, 3.63) is 59.9 Å². The Balaban J connectivity index is 2.27. The number of hydrogen-bond donors (Lipinski definition) is 1. The summed E-state index contributed by atoms with van der Waals surface area (Å²) >= 11 is 1.00. The normalized spacial score (nSPS) is 12.3. The number of rotatable bonds is 4. The fourth-order valence-corrected chi connectivity index (χ4v) is 5.73. The van der Waals surface area contributed by atoms with Gasteiger partial charge in [0, 0.05) is 16.7 Å². The summed E-state index contributed by atoms with van der Waals surface area (Å²) in [5, 5.41) is 5.34. The van der Waals surface area contributed by atoms with Gasteiger partial charge in [0.2, 0.25) is 10.0 Å². The fraction of sp³-hybridized carbons (Fsp3) is 0.111. The van der Waals surface area contributed by atoms with Crippen molar-refractivity contribution in [3.63, 3.8) is 0 Å². The first-order valence-corrected chi connectivity index (χ1v) is 12.0. The monoisotopic (exact) mass is 425 g/mol. The van der Waals surface area contributed by atoms with E-state index in [1.807, 2.05) is 0 Å². The first-order valence-electron chi connectivity index (χ1n) is 7.71. The molecule has 9 heteroatoms. The molecule has 1 aromatic heterocycles. The number of sulfonamides is 1. The van der Waals surface area contributed by atoms with E-state index in [9.17, 15) is 21.2 Å². The van der Waals surface area contributed by atoms with E-state index in [-0.39, 0.29) is 9.10 Å². The summed E-state index contributed by atoms with van der Waals surface area (Å²) in [7, 11) is -7.29. The minimum Gasteiger partial charge on any atom is -0.224 e. The number of thiophene rings is 1. The molecule has 0 amide bonds. The predicted octanol–water partition coefficient (Wildman–Crippen LogP) is 3.58. The van der Waals surface area contributed by atoms with E-state index in [0.717, 1.165) is 17.6 Å². The molecule has 0 aliphatic rings. The molecular weight excluding hydrogens is 409 g/mol. The summed E-state index contributed by atoms with van der Waals surface area (Å²) in [5.41, 5.74) is 2.37. The second kappa shape index (κ2) is 6.83. The van der Waals surface area contributed by atoms with Crippen LogP contribution in [0.4, 0.5) is 4.39 Å². The van der Waals surface area contributed by atoms with E-state index in [1.165, 1.54) is 24.3 Å². The molecule has 2 aromatic carbocycles. The number of benzene rings is 2. The van der Waals surface area contributed by atoms with Crippen LogP contribution in [0.25, 0.3) is 21.6 Å². The third-order valence-corrected chi connectivity index (χ3v) is 8.07. The summed E-state index contributed by atoms with van der Waals surface area (Å²) in [6, 6.07) is 11.9. The number of primary sulfonamides is 1. The molecule has 0 atom stereocenters. The highest BCUT2D eigenvalue weighted by atomic mass is 32.2. The van der Waals surface area contributed by atoms with Gasteiger partial charge in [-0.1, -0.05) is 24.3 Å². The lowest BCUT2D eigenvalue weighted by atomic mass is 9.99. The zero-order chi connectivity index (χ0) is 20.0. The Morgan fingerprint density at radius 2 is 1.41 bits per heavy atom. The van der Waals surface area contributed by atoms with Crippen LogP contribution in [-0.4, -0.2) is 23.1 Å². The topological polar surface area (TPSA) is 94.3 Å². The van der Waals surface area contributed by atoms with Gasteiger partial charge in [0.05, 0.1) is 4.90 Å². The molecule has 0 unspecified atom stereocenters. The number of hydrogen-bond acceptors (Lipinski definition) is 5. The number of sulfone groups is 1. The maximum absolute atomic E-state index is 13.3. The van der Waals surface area contributed by atoms with E-state index in [1.54, 1.807) is 31.2 Å². The minimum atomic E-state index is -3.94. The molecule has 3 rings (SSSR count). The van der Waals surface area contributed by atoms with Crippen LogP contribution in [-0.2, 0) is 19.9 Å². The lowest BCUT2D eigenvalue weighted by Crippen LogP contribution is -2.11. The van der Waals surface area contributed by atoms with Crippen LogP contribution in [0.15, 0.2) is 57.6 Å². The second-order valence-electron chi connectivity index (χ2n) is 6.07. The van der Waals surface area contributed by atoms with Crippen molar-refractivity contribution < 1.29 is 21.2 Å². The molecule has 0 aliphatic heterocycles. The first-order chi connectivity index (χ1) is 12.5. The van der Waals surface area contributed by atoms with E-state index in [2.05, 4.69) is 0 Å². The highest BCUT2D eigenvalue weighted by Gasteiger charge is 2.24. The van der Waals surface area contributed by atoms with Crippen molar-refractivity contribution in [2.45, 2.75) is 16.0 Å². The smallest absolute Gasteiger partial charge is 0.224 e. The highest BCUT2D eigenvalue weighted by Crippen LogP contribution is 2.44. The molecular formula is C18H16FNO4S3. The van der Waals surface area contributed by atoms with Crippen molar-refractivity contribution in [3.8, 4) is 21.6 Å². The van der Waals surface area contributed by atoms with Gasteiger partial charge in [-0.3, -0.25) is 0 Å². The summed E-state index contributed by atoms with van der Waals surface area (Å²) in [6.07, 6.45) is 1.11. The van der Waals surface area contributed by atoms with Gasteiger partial charge in [-0.2, -0.15) is 0 Å². The number of nitrogens with two attached hydrogens (primary N) is 1. The Hall–Kier alpha value is -2.07. The van der Waals surface area contributed by atoms with E-state index in [4.69, 9.17) is 5.14 Å². The Labute approximate surface area is 161 Å². The van der Waals surface area contributed by atoms with Crippen LogP contribution in [0.3, 0.4) is 0 Å². The third kappa shape index (κ3) is 3.96. The van der Waals surface area contributed by atoms with Crippen LogP contribution < -0.4 is 5.14 Å². The van der Waals surface area contributed by atoms with Gasteiger partial charge < -0.3 is 0 Å². The van der Waals surface area contributed by atoms with Crippen molar-refractivity contribution in [2.75, 3.05) is 6.26 Å². The SMILES string of the molecule is Cc1c(S(N)(=O)=O)sc(-c2ccc(F)cc2)c1-c1ccc(S(C)(=O)=O)cc1. The van der Waals surface area contributed by atoms with Gasteiger partial charge in [-0.05, 0) is 47.9 Å². The summed E-state index contributed by atoms with van der Waals surface area (Å²) in [5.74, 6) is -0.405. The molecule has 3 aromatic rings. The van der Waals surface area contributed by atoms with Gasteiger partial charge in [-0.25, -0.2) is 26.4 Å². The van der Waals surface area contributed by atoms with Crippen molar-refractivity contribution in [1.82, 2.24) is 0 Å². The van der Waals surface area contributed by atoms with Crippen LogP contribution in [0.1, 0.15) is 5.56 Å². The molecule has 0 saturated carbocycles. The van der Waals surface area contributed by atoms with Crippen LogP contribution >= 0.6 is 11.3 Å². The molecule has 0 radical (unpaired) electrons. The van der Waals surface area contributed by atoms with Crippen LogP contribution in [0.5, 0.6) is 0 Å². The molecule has 5 nitrogen and oxygen atoms in total. The summed E-state index contributed by atoms with van der Waals surface area (Å²) in [4.78, 5) is 0.776. The fourth-order valence-electron chi connectivity index (χ4n) is 2.79. The molecule has 2 N–H and O–H groups in total. The molecule has 27 heavy (non-hydrogen) atoms. The highest BCUT2D eigenvalue weighted by molar-refractivity contribution is 7.91. The Kier molecular flexibility index (Phi) is 4.98. The summed E-state index contributed by atoms with van der Waals surface area (Å²) < 4.78 is 60.6. The standard InChI is InChI=1S/C18H16FNO4S3/c1-11-16(12-5-9-15(10-6-12)26(2,21)22)17(25-18(11)27(20,23)24)13-3-7-14(19)8-4-13/h3-10H,1-2H3,(H2,20,23,24). The molecule has 0 aliphatic carbocycles. The average molecular weight is 426 g/mol. The van der Waals surface area contributed by atoms with Gasteiger partial charge in [0.1, 0.15) is 10.0 Å². The lowest BCUT2D eigenvalue weighted by Gasteiger charge is -2.08. The Bertz CT molecular complexity index is 1210. The summed E-state index contributed by atoms with van der Waals surface area (Å²) in [6.45, 7) is 1.64. The maximum Gasteiger partial charge on any atom is 0.247 e. The third-order valence-electron chi connectivity index (χ3n) is 4.04. The van der Waals surface area contributed by atoms with E-state index >= 15 is 0 Å². The van der Waals surface area contributed by atoms with Crippen LogP contribution in [0.2, 0.25) is 0 Å². The lowest BCUT2D eigenvalue weighted by molar-refractivity contribution is 0.598. The van der Waals surface area contributed by atoms with Gasteiger partial charge in [0.15, 0.2) is 9.84 Å². The van der Waals surface area contributed by atoms with E-state index < -0.39 is 25.7 Å². The van der Waals surface area contributed by atoms with Crippen molar-refractivity contribution in [1.29, 1.82) is 0 Å².